The van der Waals surface area contributed by atoms with E-state index in [-0.39, 0.29) is 41.8 Å². The number of nitrogens with zero attached hydrogens (tertiary/aromatic N) is 1. The summed E-state index contributed by atoms with van der Waals surface area (Å²) < 4.78 is 14.3. The van der Waals surface area contributed by atoms with E-state index in [4.69, 9.17) is 0 Å². The summed E-state index contributed by atoms with van der Waals surface area (Å²) in [5, 5.41) is 3.20. The first kappa shape index (κ1) is 30.9. The fourth-order valence-corrected chi connectivity index (χ4v) is 8.41. The highest BCUT2D eigenvalue weighted by Crippen LogP contribution is 2.40. The summed E-state index contributed by atoms with van der Waals surface area (Å²) in [6, 6.07) is 9.33. The zero-order chi connectivity index (χ0) is 29.5. The maximum Gasteiger partial charge on any atom is 0.251 e. The van der Waals surface area contributed by atoms with Crippen LogP contribution in [0, 0.1) is 29.5 Å². The predicted octanol–water partition coefficient (Wildman–Crippen LogP) is 7.41. The maximum absolute atomic E-state index is 14.3. The lowest BCUT2D eigenvalue weighted by Crippen LogP contribution is -2.41. The van der Waals surface area contributed by atoms with Crippen LogP contribution in [0.1, 0.15) is 110 Å². The molecule has 1 aromatic carbocycles. The first-order chi connectivity index (χ1) is 20.4. The minimum Gasteiger partial charge on any atom is -0.349 e. The van der Waals surface area contributed by atoms with E-state index in [1.807, 2.05) is 23.9 Å². The summed E-state index contributed by atoms with van der Waals surface area (Å²) in [5.41, 5.74) is 2.89. The van der Waals surface area contributed by atoms with E-state index in [2.05, 4.69) is 29.4 Å². The van der Waals surface area contributed by atoms with Gasteiger partial charge in [0.25, 0.3) is 5.91 Å². The van der Waals surface area contributed by atoms with Crippen LogP contribution >= 0.6 is 11.8 Å². The monoisotopic (exact) mass is 592 g/mol. The lowest BCUT2D eigenvalue weighted by molar-refractivity contribution is -0.126. The molecule has 3 aliphatic rings. The molecular weight excluding hydrogens is 547 g/mol. The average molecular weight is 593 g/mol. The third-order valence-corrected chi connectivity index (χ3v) is 10.9. The van der Waals surface area contributed by atoms with Crippen LogP contribution in [0.3, 0.4) is 0 Å². The number of thioether (sulfide) groups is 1. The molecule has 0 radical (unpaired) electrons. The van der Waals surface area contributed by atoms with Gasteiger partial charge < -0.3 is 5.32 Å². The van der Waals surface area contributed by atoms with E-state index < -0.39 is 11.7 Å². The molecule has 1 aliphatic heterocycles. The van der Waals surface area contributed by atoms with Crippen LogP contribution in [0.25, 0.3) is 0 Å². The zero-order valence-corrected chi connectivity index (χ0v) is 25.7. The fourth-order valence-electron chi connectivity index (χ4n) is 7.27. The zero-order valence-electron chi connectivity index (χ0n) is 24.9. The molecule has 0 spiro atoms. The summed E-state index contributed by atoms with van der Waals surface area (Å²) >= 11 is 1.93. The number of hydrogen-bond acceptors (Lipinski definition) is 5. The molecule has 226 valence electrons. The number of rotatable bonds is 9. The normalized spacial score (nSPS) is 25.4. The van der Waals surface area contributed by atoms with Crippen molar-refractivity contribution < 1.29 is 18.8 Å². The number of amides is 1. The first-order valence-corrected chi connectivity index (χ1v) is 17.3. The molecule has 5 rings (SSSR count). The van der Waals surface area contributed by atoms with Gasteiger partial charge in [0, 0.05) is 41.8 Å². The first-order valence-electron chi connectivity index (χ1n) is 16.1. The van der Waals surface area contributed by atoms with Crippen LogP contribution in [-0.2, 0) is 17.6 Å². The van der Waals surface area contributed by atoms with Gasteiger partial charge >= 0.3 is 0 Å². The predicted molar refractivity (Wildman–Crippen MR) is 166 cm³/mol. The Morgan fingerprint density at radius 2 is 1.64 bits per heavy atom. The van der Waals surface area contributed by atoms with Crippen molar-refractivity contribution in [1.82, 2.24) is 10.3 Å². The Hall–Kier alpha value is -2.54. The number of pyridine rings is 1. The molecule has 7 heteroatoms. The van der Waals surface area contributed by atoms with Crippen LogP contribution in [0.2, 0.25) is 0 Å². The number of benzene rings is 1. The minimum absolute atomic E-state index is 0.0402. The van der Waals surface area contributed by atoms with Gasteiger partial charge in [-0.25, -0.2) is 4.39 Å². The molecule has 2 aliphatic carbocycles. The van der Waals surface area contributed by atoms with E-state index in [1.165, 1.54) is 43.5 Å². The molecular formula is C35H45FN2O3S. The molecule has 0 bridgehead atoms. The van der Waals surface area contributed by atoms with Gasteiger partial charge in [-0.1, -0.05) is 38.3 Å². The van der Waals surface area contributed by atoms with Gasteiger partial charge in [-0.3, -0.25) is 19.4 Å². The lowest BCUT2D eigenvalue weighted by atomic mass is 9.69. The number of hydrogen-bond donors (Lipinski definition) is 1. The number of fused-ring (bicyclic) bond motifs is 1. The Morgan fingerprint density at radius 3 is 2.36 bits per heavy atom. The van der Waals surface area contributed by atoms with Crippen molar-refractivity contribution in [2.24, 2.45) is 23.7 Å². The van der Waals surface area contributed by atoms with Crippen molar-refractivity contribution in [3.8, 4) is 0 Å². The molecule has 1 saturated carbocycles. The van der Waals surface area contributed by atoms with Gasteiger partial charge in [-0.05, 0) is 98.5 Å². The fraction of sp³-hybridized carbons (Fsp3) is 0.600. The minimum atomic E-state index is -0.505. The molecule has 2 heterocycles. The summed E-state index contributed by atoms with van der Waals surface area (Å²) in [7, 11) is 0. The number of Topliss-reactive ketones (excluding diaryl/α,β-unsaturated/α-hetero) is 2. The number of carbonyl (C=O) groups excluding carboxylic acids is 3. The van der Waals surface area contributed by atoms with Crippen LogP contribution < -0.4 is 5.32 Å². The largest absolute Gasteiger partial charge is 0.349 e. The van der Waals surface area contributed by atoms with E-state index in [1.54, 1.807) is 0 Å². The SMILES string of the molecule is CCCCCCc1ccc(C(=O)NC2CCC(C3CC(=O)C(C4CCSCC4)Cc4ncc(F)cc4C3=O)CC2)cc1. The van der Waals surface area contributed by atoms with Crippen molar-refractivity contribution in [3.05, 3.63) is 64.7 Å². The quantitative estimate of drug-likeness (QED) is 0.307. The number of ketones is 2. The highest BCUT2D eigenvalue weighted by molar-refractivity contribution is 7.99. The van der Waals surface area contributed by atoms with Crippen LogP contribution in [0.15, 0.2) is 36.5 Å². The van der Waals surface area contributed by atoms with Gasteiger partial charge in [0.05, 0.1) is 11.9 Å². The molecule has 42 heavy (non-hydrogen) atoms. The summed E-state index contributed by atoms with van der Waals surface area (Å²) in [6.45, 7) is 2.21. The average Bonchev–Trinajstić information content (AvgIpc) is 3.01. The van der Waals surface area contributed by atoms with Gasteiger partial charge in [0.2, 0.25) is 0 Å². The Kier molecular flexibility index (Phi) is 10.9. The van der Waals surface area contributed by atoms with Crippen molar-refractivity contribution in [1.29, 1.82) is 0 Å². The van der Waals surface area contributed by atoms with Gasteiger partial charge in [0.1, 0.15) is 11.6 Å². The Bertz CT molecular complexity index is 1240. The smallest absolute Gasteiger partial charge is 0.251 e. The molecule has 2 fully saturated rings. The summed E-state index contributed by atoms with van der Waals surface area (Å²) in [4.78, 5) is 44.8. The highest BCUT2D eigenvalue weighted by Gasteiger charge is 2.41. The summed E-state index contributed by atoms with van der Waals surface area (Å²) in [5.74, 6) is 1.31. The second-order valence-electron chi connectivity index (χ2n) is 12.6. The van der Waals surface area contributed by atoms with Gasteiger partial charge in [-0.15, -0.1) is 0 Å². The summed E-state index contributed by atoms with van der Waals surface area (Å²) in [6.07, 6.45) is 12.8. The molecule has 5 nitrogen and oxygen atoms in total. The standard InChI is InChI=1S/C35H45FN2O3S/c1-2-3-4-5-6-23-7-9-26(10-8-23)35(41)38-28-13-11-24(12-14-28)30-21-33(39)29(25-15-17-42-18-16-25)20-32-31(34(30)40)19-27(36)22-37-32/h7-10,19,22,24-25,28-30H,2-6,11-18,20-21H2,1H3,(H,38,41). The van der Waals surface area contributed by atoms with E-state index in [0.29, 0.717) is 29.2 Å². The third kappa shape index (κ3) is 7.69. The van der Waals surface area contributed by atoms with Crippen molar-refractivity contribution in [3.63, 3.8) is 0 Å². The number of nitrogens with one attached hydrogen (secondary N) is 1. The Balaban J connectivity index is 1.21. The second kappa shape index (κ2) is 14.8. The lowest BCUT2D eigenvalue weighted by Gasteiger charge is -2.36. The molecule has 2 atom stereocenters. The van der Waals surface area contributed by atoms with E-state index in [0.717, 1.165) is 56.5 Å². The van der Waals surface area contributed by atoms with E-state index in [9.17, 15) is 18.8 Å². The van der Waals surface area contributed by atoms with Crippen molar-refractivity contribution in [2.45, 2.75) is 96.4 Å². The maximum atomic E-state index is 14.3. The molecule has 1 aromatic heterocycles. The van der Waals surface area contributed by atoms with E-state index >= 15 is 0 Å². The molecule has 1 amide bonds. The number of unbranched alkanes of at least 4 members (excludes halogenated alkanes) is 3. The highest BCUT2D eigenvalue weighted by atomic mass is 32.2. The molecule has 2 unspecified atom stereocenters. The van der Waals surface area contributed by atoms with Crippen molar-refractivity contribution in [2.75, 3.05) is 11.5 Å². The molecule has 1 saturated heterocycles. The topological polar surface area (TPSA) is 76.1 Å². The Morgan fingerprint density at radius 1 is 0.929 bits per heavy atom. The number of carbonyl (C=O) groups is 3. The van der Waals surface area contributed by atoms with Crippen LogP contribution in [-0.4, -0.2) is 40.0 Å². The Labute approximate surface area is 254 Å². The molecule has 2 aromatic rings. The molecule has 1 N–H and O–H groups in total. The van der Waals surface area contributed by atoms with Crippen molar-refractivity contribution >= 4 is 29.2 Å². The number of halogens is 1. The van der Waals surface area contributed by atoms with Gasteiger partial charge in [-0.2, -0.15) is 11.8 Å². The number of aromatic nitrogens is 1. The number of aryl methyl sites for hydroxylation is 1. The second-order valence-corrected chi connectivity index (χ2v) is 13.9. The van der Waals surface area contributed by atoms with Gasteiger partial charge in [0.15, 0.2) is 5.78 Å². The van der Waals surface area contributed by atoms with Crippen LogP contribution in [0.4, 0.5) is 4.39 Å². The van der Waals surface area contributed by atoms with Crippen LogP contribution in [0.5, 0.6) is 0 Å². The third-order valence-electron chi connectivity index (χ3n) is 9.83.